The Kier molecular flexibility index (Phi) is 27.1. The van der Waals surface area contributed by atoms with Crippen LogP contribution in [0.25, 0.3) is 5.73 Å². The van der Waals surface area contributed by atoms with Gasteiger partial charge in [-0.15, -0.1) is 11.9 Å². The summed E-state index contributed by atoms with van der Waals surface area (Å²) in [6.45, 7) is 9.40. The van der Waals surface area contributed by atoms with Crippen molar-refractivity contribution >= 4 is 18.0 Å². The molecule has 99 valence electrons. The van der Waals surface area contributed by atoms with Gasteiger partial charge in [0.25, 0.3) is 0 Å². The Labute approximate surface area is 145 Å². The molecular formula is C10H22N2O2SUV. The van der Waals surface area contributed by atoms with E-state index >= 15 is 0 Å². The summed E-state index contributed by atoms with van der Waals surface area (Å²) in [7, 11) is 0. The SMILES string of the molecule is CC(C)(C)OC([NH-])=O.CCC[CH-]NSC.[U+2].[V]. The second-order valence-corrected chi connectivity index (χ2v) is 4.46. The molecule has 0 heterocycles. The first-order chi connectivity index (χ1) is 6.83. The third kappa shape index (κ3) is 38.2. The molecule has 1 radical (unpaired) electrons. The zero-order valence-electron chi connectivity index (χ0n) is 11.2. The zero-order valence-corrected chi connectivity index (χ0v) is 17.5. The number of ether oxygens (including phenoxy) is 1. The van der Waals surface area contributed by atoms with Crippen LogP contribution < -0.4 is 4.72 Å². The van der Waals surface area contributed by atoms with E-state index in [9.17, 15) is 4.79 Å². The fourth-order valence-corrected chi connectivity index (χ4v) is 0.849. The van der Waals surface area contributed by atoms with Crippen LogP contribution in [-0.4, -0.2) is 18.0 Å². The van der Waals surface area contributed by atoms with Crippen molar-refractivity contribution in [1.29, 1.82) is 0 Å². The van der Waals surface area contributed by atoms with Crippen LogP contribution in [0.1, 0.15) is 40.5 Å². The quantitative estimate of drug-likeness (QED) is 0.346. The Hall–Kier alpha value is 1.22. The second kappa shape index (κ2) is 17.2. The minimum Gasteiger partial charge on any atom is -0.632 e. The number of amides is 1. The van der Waals surface area contributed by atoms with Crippen LogP contribution in [0.3, 0.4) is 0 Å². The van der Waals surface area contributed by atoms with Crippen LogP contribution in [0.15, 0.2) is 0 Å². The summed E-state index contributed by atoms with van der Waals surface area (Å²) in [6.07, 6.45) is 3.44. The van der Waals surface area contributed by atoms with Gasteiger partial charge in [-0.3, -0.25) is 11.3 Å². The molecular weight excluding hydrogens is 501 g/mol. The zero-order chi connectivity index (χ0) is 12.3. The Bertz CT molecular complexity index is 165. The summed E-state index contributed by atoms with van der Waals surface area (Å²) in [5.41, 5.74) is 5.86. The van der Waals surface area contributed by atoms with Crippen LogP contribution in [0.2, 0.25) is 0 Å². The number of hydrogen-bond donors (Lipinski definition) is 1. The molecule has 4 nitrogen and oxygen atoms in total. The summed E-state index contributed by atoms with van der Waals surface area (Å²) in [4.78, 5) is 9.90. The Morgan fingerprint density at radius 3 is 2.12 bits per heavy atom. The first-order valence-corrected chi connectivity index (χ1v) is 6.10. The molecule has 1 amide bonds. The molecule has 17 heavy (non-hydrogen) atoms. The van der Waals surface area contributed by atoms with Gasteiger partial charge in [0.2, 0.25) is 6.09 Å². The van der Waals surface area contributed by atoms with Crippen LogP contribution in [0.5, 0.6) is 0 Å². The maximum Gasteiger partial charge on any atom is 2.00 e. The number of hydrogen-bond acceptors (Lipinski definition) is 4. The maximum atomic E-state index is 9.90. The smallest absolute Gasteiger partial charge is 0.632 e. The molecule has 2 N–H and O–H groups in total. The van der Waals surface area contributed by atoms with E-state index in [0.29, 0.717) is 0 Å². The molecule has 0 aliphatic heterocycles. The monoisotopic (exact) mass is 523 g/mol. The fraction of sp³-hybridized carbons (Fsp3) is 0.800. The molecule has 0 aromatic rings. The van der Waals surface area contributed by atoms with Gasteiger partial charge in [0.1, 0.15) is 5.60 Å². The van der Waals surface area contributed by atoms with E-state index < -0.39 is 11.7 Å². The molecule has 0 aromatic heterocycles. The van der Waals surface area contributed by atoms with Crippen molar-refractivity contribution < 1.29 is 59.2 Å². The van der Waals surface area contributed by atoms with Gasteiger partial charge in [0, 0.05) is 18.6 Å². The molecule has 0 saturated carbocycles. The van der Waals surface area contributed by atoms with Crippen LogP contribution in [0, 0.1) is 37.7 Å². The molecule has 0 aromatic carbocycles. The van der Waals surface area contributed by atoms with Gasteiger partial charge in [0.05, 0.1) is 0 Å². The van der Waals surface area contributed by atoms with Crippen LogP contribution in [0.4, 0.5) is 4.79 Å². The summed E-state index contributed by atoms with van der Waals surface area (Å²) in [6, 6.07) is 0. The molecule has 0 atom stereocenters. The summed E-state index contributed by atoms with van der Waals surface area (Å²) in [5, 5.41) is 0. The summed E-state index contributed by atoms with van der Waals surface area (Å²) >= 11 is 1.64. The third-order valence-electron chi connectivity index (χ3n) is 1.03. The molecule has 0 bridgehead atoms. The predicted molar refractivity (Wildman–Crippen MR) is 66.4 cm³/mol. The first-order valence-electron chi connectivity index (χ1n) is 4.88. The molecule has 0 spiro atoms. The van der Waals surface area contributed by atoms with E-state index in [4.69, 9.17) is 5.73 Å². The average molecular weight is 523 g/mol. The Morgan fingerprint density at radius 2 is 1.94 bits per heavy atom. The Balaban J connectivity index is -0.0000000896. The number of carbonyl (C=O) groups excluding carboxylic acids is 1. The predicted octanol–water partition coefficient (Wildman–Crippen LogP) is 3.79. The number of unbranched alkanes of at least 4 members (excludes halogenated alkanes) is 1. The van der Waals surface area contributed by atoms with Gasteiger partial charge < -0.3 is 15.2 Å². The summed E-state index contributed by atoms with van der Waals surface area (Å²) < 4.78 is 7.51. The van der Waals surface area contributed by atoms with Crippen molar-refractivity contribution in [2.45, 2.75) is 46.1 Å². The molecule has 0 rings (SSSR count). The normalized spacial score (nSPS) is 9.00. The minimum atomic E-state index is -0.975. The molecule has 0 unspecified atom stereocenters. The van der Waals surface area contributed by atoms with E-state index in [-0.39, 0.29) is 49.7 Å². The van der Waals surface area contributed by atoms with Crippen molar-refractivity contribution in [2.75, 3.05) is 6.26 Å². The van der Waals surface area contributed by atoms with Crippen LogP contribution >= 0.6 is 11.9 Å². The van der Waals surface area contributed by atoms with Gasteiger partial charge in [-0.25, -0.2) is 0 Å². The topological polar surface area (TPSA) is 62.1 Å². The van der Waals surface area contributed by atoms with Gasteiger partial charge >= 0.3 is 31.1 Å². The van der Waals surface area contributed by atoms with Crippen molar-refractivity contribution in [3.05, 3.63) is 12.3 Å². The minimum absolute atomic E-state index is 0. The van der Waals surface area contributed by atoms with Crippen molar-refractivity contribution in [2.24, 2.45) is 0 Å². The number of nitrogens with one attached hydrogen (secondary N) is 2. The first kappa shape index (κ1) is 26.7. The van der Waals surface area contributed by atoms with Gasteiger partial charge in [0.15, 0.2) is 0 Å². The molecule has 0 aliphatic rings. The standard InChI is InChI=1S/C5H11NO2.C5H12NS.U.V/c1-5(2,3)8-4(6)7;1-3-4-5-6-7-2;;/h1-3H3,(H2,6,7);5-6H,3-4H2,1-2H3;;/q;-1;+2;/p-1. The molecule has 0 aliphatic carbocycles. The number of carbonyl (C=O) groups is 1. The molecule has 0 saturated heterocycles. The fourth-order valence-electron chi connectivity index (χ4n) is 0.565. The van der Waals surface area contributed by atoms with Crippen molar-refractivity contribution in [3.63, 3.8) is 0 Å². The van der Waals surface area contributed by atoms with Gasteiger partial charge in [-0.05, 0) is 27.0 Å². The second-order valence-electron chi connectivity index (χ2n) is 3.82. The largest absolute Gasteiger partial charge is 2.00 e. The summed E-state index contributed by atoms with van der Waals surface area (Å²) in [5.74, 6) is 0. The van der Waals surface area contributed by atoms with Crippen LogP contribution in [-0.2, 0) is 23.3 Å². The van der Waals surface area contributed by atoms with E-state index in [1.165, 1.54) is 12.8 Å². The van der Waals surface area contributed by atoms with Gasteiger partial charge in [-0.2, -0.15) is 6.42 Å². The van der Waals surface area contributed by atoms with E-state index in [1.54, 1.807) is 32.7 Å². The Morgan fingerprint density at radius 1 is 1.47 bits per heavy atom. The average Bonchev–Trinajstić information content (AvgIpc) is 2.01. The molecule has 7 heteroatoms. The van der Waals surface area contributed by atoms with E-state index in [2.05, 4.69) is 22.9 Å². The molecule has 0 fully saturated rings. The number of rotatable bonds is 4. The maximum absolute atomic E-state index is 9.90. The van der Waals surface area contributed by atoms with Gasteiger partial charge in [-0.1, -0.05) is 13.3 Å². The van der Waals surface area contributed by atoms with E-state index in [1.807, 2.05) is 6.26 Å². The van der Waals surface area contributed by atoms with E-state index in [0.717, 1.165) is 0 Å². The van der Waals surface area contributed by atoms with Crippen molar-refractivity contribution in [1.82, 2.24) is 4.72 Å². The third-order valence-corrected chi connectivity index (χ3v) is 1.44. The van der Waals surface area contributed by atoms with Crippen molar-refractivity contribution in [3.8, 4) is 0 Å².